The summed E-state index contributed by atoms with van der Waals surface area (Å²) < 4.78 is 2.18. The summed E-state index contributed by atoms with van der Waals surface area (Å²) in [6, 6.07) is 12.2. The summed E-state index contributed by atoms with van der Waals surface area (Å²) in [6.45, 7) is 0.890. The minimum Gasteiger partial charge on any atom is -0.399 e. The van der Waals surface area contributed by atoms with Gasteiger partial charge in [-0.25, -0.2) is 4.98 Å². The van der Waals surface area contributed by atoms with Gasteiger partial charge >= 0.3 is 0 Å². The fraction of sp³-hybridized carbons (Fsp3) is 0.133. The molecule has 4 heteroatoms. The lowest BCUT2D eigenvalue weighted by Gasteiger charge is -2.08. The van der Waals surface area contributed by atoms with E-state index in [2.05, 4.69) is 27.1 Å². The van der Waals surface area contributed by atoms with Gasteiger partial charge in [-0.3, -0.25) is 0 Å². The zero-order valence-corrected chi connectivity index (χ0v) is 11.3. The number of hydrogen-bond acceptors (Lipinski definition) is 3. The number of nitrogen functional groups attached to an aromatic ring is 1. The van der Waals surface area contributed by atoms with Crippen LogP contribution in [0.3, 0.4) is 0 Å². The van der Waals surface area contributed by atoms with Crippen molar-refractivity contribution in [3.63, 3.8) is 0 Å². The first-order valence-corrected chi connectivity index (χ1v) is 7.11. The van der Waals surface area contributed by atoms with E-state index in [9.17, 15) is 0 Å². The van der Waals surface area contributed by atoms with Gasteiger partial charge in [0.25, 0.3) is 0 Å². The Bertz CT molecular complexity index is 656. The molecule has 0 radical (unpaired) electrons. The number of aryl methyl sites for hydroxylation is 2. The molecule has 0 aliphatic rings. The highest BCUT2D eigenvalue weighted by Gasteiger charge is 2.07. The fourth-order valence-electron chi connectivity index (χ4n) is 2.12. The second-order valence-electron chi connectivity index (χ2n) is 4.37. The summed E-state index contributed by atoms with van der Waals surface area (Å²) in [7, 11) is 0. The number of thiophene rings is 1. The number of anilines is 1. The van der Waals surface area contributed by atoms with Gasteiger partial charge in [0.15, 0.2) is 0 Å². The summed E-state index contributed by atoms with van der Waals surface area (Å²) in [5, 5.41) is 2.07. The maximum Gasteiger partial charge on any atom is 0.149 e. The van der Waals surface area contributed by atoms with Gasteiger partial charge in [0.05, 0.1) is 4.88 Å². The second-order valence-corrected chi connectivity index (χ2v) is 5.32. The smallest absolute Gasteiger partial charge is 0.149 e. The van der Waals surface area contributed by atoms with E-state index in [1.165, 1.54) is 10.4 Å². The van der Waals surface area contributed by atoms with Crippen LogP contribution in [0.2, 0.25) is 0 Å². The number of nitrogens with two attached hydrogens (primary N) is 1. The van der Waals surface area contributed by atoms with Gasteiger partial charge in [-0.2, -0.15) is 0 Å². The topological polar surface area (TPSA) is 43.8 Å². The van der Waals surface area contributed by atoms with E-state index >= 15 is 0 Å². The summed E-state index contributed by atoms with van der Waals surface area (Å²) in [5.41, 5.74) is 8.02. The Morgan fingerprint density at radius 2 is 2.05 bits per heavy atom. The first kappa shape index (κ1) is 12.0. The quantitative estimate of drug-likeness (QED) is 0.737. The van der Waals surface area contributed by atoms with Crippen molar-refractivity contribution in [1.29, 1.82) is 0 Å². The Kier molecular flexibility index (Phi) is 3.33. The van der Waals surface area contributed by atoms with E-state index in [1.807, 2.05) is 36.7 Å². The van der Waals surface area contributed by atoms with Crippen LogP contribution in [0.25, 0.3) is 10.7 Å². The lowest BCUT2D eigenvalue weighted by Crippen LogP contribution is -2.03. The van der Waals surface area contributed by atoms with Crippen molar-refractivity contribution in [2.45, 2.75) is 13.0 Å². The molecule has 1 aromatic carbocycles. The zero-order chi connectivity index (χ0) is 13.1. The van der Waals surface area contributed by atoms with E-state index in [1.54, 1.807) is 11.3 Å². The van der Waals surface area contributed by atoms with Gasteiger partial charge in [-0.05, 0) is 29.5 Å². The summed E-state index contributed by atoms with van der Waals surface area (Å²) in [6.07, 6.45) is 4.79. The number of aromatic nitrogens is 2. The normalized spacial score (nSPS) is 10.7. The van der Waals surface area contributed by atoms with Crippen molar-refractivity contribution in [2.24, 2.45) is 0 Å². The molecule has 2 heterocycles. The van der Waals surface area contributed by atoms with E-state index in [0.29, 0.717) is 0 Å². The predicted molar refractivity (Wildman–Crippen MR) is 80.1 cm³/mol. The van der Waals surface area contributed by atoms with Gasteiger partial charge in [0.1, 0.15) is 5.82 Å². The molecule has 0 aliphatic heterocycles. The lowest BCUT2D eigenvalue weighted by molar-refractivity contribution is 0.705. The maximum atomic E-state index is 5.97. The third kappa shape index (κ3) is 2.53. The third-order valence-corrected chi connectivity index (χ3v) is 4.00. The first-order valence-electron chi connectivity index (χ1n) is 6.23. The van der Waals surface area contributed by atoms with Crippen LogP contribution < -0.4 is 5.73 Å². The lowest BCUT2D eigenvalue weighted by atomic mass is 10.1. The Balaban J connectivity index is 1.78. The molecule has 3 aromatic rings. The van der Waals surface area contributed by atoms with E-state index in [0.717, 1.165) is 24.5 Å². The molecular formula is C15H15N3S. The van der Waals surface area contributed by atoms with Crippen LogP contribution in [0, 0.1) is 0 Å². The van der Waals surface area contributed by atoms with Gasteiger partial charge in [0.2, 0.25) is 0 Å². The first-order chi connectivity index (χ1) is 9.34. The van der Waals surface area contributed by atoms with Crippen molar-refractivity contribution in [3.05, 3.63) is 59.7 Å². The molecule has 0 saturated carbocycles. The average Bonchev–Trinajstić information content (AvgIpc) is 3.08. The Hall–Kier alpha value is -2.07. The Morgan fingerprint density at radius 3 is 2.84 bits per heavy atom. The Morgan fingerprint density at radius 1 is 1.16 bits per heavy atom. The molecular weight excluding hydrogens is 254 g/mol. The van der Waals surface area contributed by atoms with Crippen molar-refractivity contribution < 1.29 is 0 Å². The number of hydrogen-bond donors (Lipinski definition) is 1. The molecule has 3 nitrogen and oxygen atoms in total. The molecule has 0 bridgehead atoms. The number of rotatable bonds is 4. The highest BCUT2D eigenvalue weighted by Crippen LogP contribution is 2.23. The summed E-state index contributed by atoms with van der Waals surface area (Å²) in [4.78, 5) is 5.64. The van der Waals surface area contributed by atoms with Crippen molar-refractivity contribution in [1.82, 2.24) is 9.55 Å². The maximum absolute atomic E-state index is 5.97. The van der Waals surface area contributed by atoms with E-state index in [4.69, 9.17) is 5.73 Å². The molecule has 0 atom stereocenters. The molecule has 0 aliphatic carbocycles. The van der Waals surface area contributed by atoms with Crippen molar-refractivity contribution in [3.8, 4) is 10.7 Å². The standard InChI is InChI=1S/C15H15N3S/c16-13-5-2-1-4-12(13)7-9-18-10-8-17-15(18)14-6-3-11-19-14/h1-6,8,10-11H,7,9,16H2. The molecule has 0 amide bonds. The molecule has 96 valence electrons. The van der Waals surface area contributed by atoms with Crippen LogP contribution in [0.4, 0.5) is 5.69 Å². The predicted octanol–water partition coefficient (Wildman–Crippen LogP) is 3.44. The highest BCUT2D eigenvalue weighted by atomic mass is 32.1. The fourth-order valence-corrected chi connectivity index (χ4v) is 2.86. The second kappa shape index (κ2) is 5.28. The number of imidazole rings is 1. The number of benzene rings is 1. The van der Waals surface area contributed by atoms with Crippen molar-refractivity contribution in [2.75, 3.05) is 5.73 Å². The molecule has 0 spiro atoms. The molecule has 0 unspecified atom stereocenters. The summed E-state index contributed by atoms with van der Waals surface area (Å²) in [5.74, 6) is 1.03. The molecule has 0 fully saturated rings. The van der Waals surface area contributed by atoms with Gasteiger partial charge in [-0.15, -0.1) is 11.3 Å². The Labute approximate surface area is 116 Å². The SMILES string of the molecule is Nc1ccccc1CCn1ccnc1-c1cccs1. The third-order valence-electron chi connectivity index (χ3n) is 3.13. The summed E-state index contributed by atoms with van der Waals surface area (Å²) >= 11 is 1.71. The van der Waals surface area contributed by atoms with Crippen LogP contribution in [0.15, 0.2) is 54.2 Å². The minimum absolute atomic E-state index is 0.861. The van der Waals surface area contributed by atoms with Crippen LogP contribution in [0.5, 0.6) is 0 Å². The van der Waals surface area contributed by atoms with Gasteiger partial charge in [-0.1, -0.05) is 24.3 Å². The van der Waals surface area contributed by atoms with Crippen LogP contribution in [-0.2, 0) is 13.0 Å². The highest BCUT2D eigenvalue weighted by molar-refractivity contribution is 7.13. The van der Waals surface area contributed by atoms with Crippen LogP contribution in [-0.4, -0.2) is 9.55 Å². The minimum atomic E-state index is 0.861. The number of para-hydroxylation sites is 1. The molecule has 3 rings (SSSR count). The van der Waals surface area contributed by atoms with E-state index in [-0.39, 0.29) is 0 Å². The molecule has 2 N–H and O–H groups in total. The van der Waals surface area contributed by atoms with E-state index < -0.39 is 0 Å². The monoisotopic (exact) mass is 269 g/mol. The van der Waals surface area contributed by atoms with Gasteiger partial charge in [0, 0.05) is 24.6 Å². The molecule has 19 heavy (non-hydrogen) atoms. The zero-order valence-electron chi connectivity index (χ0n) is 10.5. The molecule has 2 aromatic heterocycles. The largest absolute Gasteiger partial charge is 0.399 e. The van der Waals surface area contributed by atoms with Gasteiger partial charge < -0.3 is 10.3 Å². The van der Waals surface area contributed by atoms with Crippen LogP contribution >= 0.6 is 11.3 Å². The number of nitrogens with zero attached hydrogens (tertiary/aromatic N) is 2. The van der Waals surface area contributed by atoms with Crippen LogP contribution in [0.1, 0.15) is 5.56 Å². The molecule has 0 saturated heterocycles. The van der Waals surface area contributed by atoms with Crippen molar-refractivity contribution >= 4 is 17.0 Å². The average molecular weight is 269 g/mol.